The van der Waals surface area contributed by atoms with Crippen LogP contribution >= 0.6 is 27.7 Å². The van der Waals surface area contributed by atoms with Crippen molar-refractivity contribution in [3.05, 3.63) is 33.8 Å². The largest absolute Gasteiger partial charge is 0.337 e. The zero-order chi connectivity index (χ0) is 11.5. The number of hydrogen-bond donors (Lipinski definition) is 0. The highest BCUT2D eigenvalue weighted by molar-refractivity contribution is 9.10. The molecular weight excluding hydrogens is 286 g/mol. The Balaban J connectivity index is 2.16. The lowest BCUT2D eigenvalue weighted by atomic mass is 10.1. The van der Waals surface area contributed by atoms with Crippen LogP contribution in [0.15, 0.2) is 22.7 Å². The first-order valence-corrected chi connectivity index (χ1v) is 7.26. The average molecular weight is 300 g/mol. The van der Waals surface area contributed by atoms with E-state index >= 15 is 0 Å². The van der Waals surface area contributed by atoms with Gasteiger partial charge in [-0.25, -0.2) is 0 Å². The first-order chi connectivity index (χ1) is 7.68. The van der Waals surface area contributed by atoms with E-state index in [-0.39, 0.29) is 5.91 Å². The zero-order valence-corrected chi connectivity index (χ0v) is 11.6. The summed E-state index contributed by atoms with van der Waals surface area (Å²) < 4.78 is 1.00. The van der Waals surface area contributed by atoms with Crippen LogP contribution in [0.5, 0.6) is 0 Å². The maximum Gasteiger partial charge on any atom is 0.253 e. The van der Waals surface area contributed by atoms with Crippen molar-refractivity contribution >= 4 is 33.6 Å². The Morgan fingerprint density at radius 2 is 2.06 bits per heavy atom. The third-order valence-corrected chi connectivity index (χ3v) is 4.51. The van der Waals surface area contributed by atoms with E-state index in [0.29, 0.717) is 0 Å². The van der Waals surface area contributed by atoms with Crippen molar-refractivity contribution in [3.63, 3.8) is 0 Å². The molecule has 1 fully saturated rings. The molecule has 0 bridgehead atoms. The van der Waals surface area contributed by atoms with E-state index in [1.54, 1.807) is 0 Å². The van der Waals surface area contributed by atoms with E-state index in [1.807, 2.05) is 41.8 Å². The number of benzene rings is 1. The number of hydrogen-bond acceptors (Lipinski definition) is 2. The second kappa shape index (κ2) is 5.23. The van der Waals surface area contributed by atoms with Gasteiger partial charge >= 0.3 is 0 Å². The van der Waals surface area contributed by atoms with E-state index in [4.69, 9.17) is 0 Å². The normalized spacial score (nSPS) is 16.2. The number of aryl methyl sites for hydroxylation is 1. The molecule has 0 N–H and O–H groups in total. The van der Waals surface area contributed by atoms with Crippen molar-refractivity contribution < 1.29 is 4.79 Å². The molecule has 0 spiro atoms. The maximum atomic E-state index is 12.2. The van der Waals surface area contributed by atoms with E-state index < -0.39 is 0 Å². The van der Waals surface area contributed by atoms with Gasteiger partial charge in [0.05, 0.1) is 0 Å². The second-order valence-corrected chi connectivity index (χ2v) is 5.95. The van der Waals surface area contributed by atoms with Crippen LogP contribution in [0, 0.1) is 6.92 Å². The fraction of sp³-hybridized carbons (Fsp3) is 0.417. The second-order valence-electron chi connectivity index (χ2n) is 3.87. The van der Waals surface area contributed by atoms with Crippen molar-refractivity contribution in [3.8, 4) is 0 Å². The molecule has 0 aromatic heterocycles. The fourth-order valence-electron chi connectivity index (χ4n) is 1.67. The summed E-state index contributed by atoms with van der Waals surface area (Å²) in [6, 6.07) is 5.81. The predicted molar refractivity (Wildman–Crippen MR) is 72.1 cm³/mol. The van der Waals surface area contributed by atoms with Gasteiger partial charge in [-0.05, 0) is 24.6 Å². The number of thioether (sulfide) groups is 1. The molecule has 1 aromatic rings. The van der Waals surface area contributed by atoms with Crippen LogP contribution in [0.4, 0.5) is 0 Å². The lowest BCUT2D eigenvalue weighted by Gasteiger charge is -2.26. The fourth-order valence-corrected chi connectivity index (χ4v) is 2.96. The monoisotopic (exact) mass is 299 g/mol. The number of halogens is 1. The van der Waals surface area contributed by atoms with Gasteiger partial charge in [0.15, 0.2) is 0 Å². The smallest absolute Gasteiger partial charge is 0.253 e. The minimum Gasteiger partial charge on any atom is -0.337 e. The van der Waals surface area contributed by atoms with E-state index in [0.717, 1.165) is 40.2 Å². The minimum absolute atomic E-state index is 0.154. The molecule has 1 saturated heterocycles. The maximum absolute atomic E-state index is 12.2. The summed E-state index contributed by atoms with van der Waals surface area (Å²) in [4.78, 5) is 14.1. The standard InChI is InChI=1S/C12H14BrNOS/c1-9-2-3-10(8-11(9)13)12(15)14-4-6-16-7-5-14/h2-3,8H,4-7H2,1H3. The summed E-state index contributed by atoms with van der Waals surface area (Å²) in [6.07, 6.45) is 0. The number of nitrogens with zero attached hydrogens (tertiary/aromatic N) is 1. The van der Waals surface area contributed by atoms with Crippen molar-refractivity contribution in [2.24, 2.45) is 0 Å². The van der Waals surface area contributed by atoms with Gasteiger partial charge < -0.3 is 4.90 Å². The zero-order valence-electron chi connectivity index (χ0n) is 9.20. The summed E-state index contributed by atoms with van der Waals surface area (Å²) >= 11 is 5.38. The molecule has 1 aromatic carbocycles. The van der Waals surface area contributed by atoms with Crippen molar-refractivity contribution in [1.82, 2.24) is 4.90 Å². The van der Waals surface area contributed by atoms with E-state index in [9.17, 15) is 4.79 Å². The van der Waals surface area contributed by atoms with Gasteiger partial charge in [-0.15, -0.1) is 0 Å². The molecule has 1 heterocycles. The van der Waals surface area contributed by atoms with E-state index in [2.05, 4.69) is 15.9 Å². The number of rotatable bonds is 1. The number of carbonyl (C=O) groups is 1. The van der Waals surface area contributed by atoms with Crippen LogP contribution in [0.25, 0.3) is 0 Å². The molecule has 86 valence electrons. The summed E-state index contributed by atoms with van der Waals surface area (Å²) in [5, 5.41) is 0. The molecule has 1 aliphatic rings. The molecule has 0 saturated carbocycles. The summed E-state index contributed by atoms with van der Waals surface area (Å²) in [5.41, 5.74) is 1.94. The van der Waals surface area contributed by atoms with Crippen LogP contribution in [0.3, 0.4) is 0 Å². The topological polar surface area (TPSA) is 20.3 Å². The molecule has 16 heavy (non-hydrogen) atoms. The van der Waals surface area contributed by atoms with Gasteiger partial charge in [0.25, 0.3) is 5.91 Å². The Bertz CT molecular complexity index is 402. The third-order valence-electron chi connectivity index (χ3n) is 2.72. The Kier molecular flexibility index (Phi) is 3.92. The summed E-state index contributed by atoms with van der Waals surface area (Å²) in [6.45, 7) is 3.76. The molecule has 2 rings (SSSR count). The van der Waals surface area contributed by atoms with Crippen LogP contribution in [0.2, 0.25) is 0 Å². The van der Waals surface area contributed by atoms with Crippen molar-refractivity contribution in [2.75, 3.05) is 24.6 Å². The van der Waals surface area contributed by atoms with Gasteiger partial charge in [-0.2, -0.15) is 11.8 Å². The lowest BCUT2D eigenvalue weighted by molar-refractivity contribution is 0.0772. The van der Waals surface area contributed by atoms with Crippen molar-refractivity contribution in [1.29, 1.82) is 0 Å². The number of amides is 1. The average Bonchev–Trinajstić information content (AvgIpc) is 2.33. The highest BCUT2D eigenvalue weighted by Gasteiger charge is 2.18. The van der Waals surface area contributed by atoms with Gasteiger partial charge in [0.2, 0.25) is 0 Å². The first-order valence-electron chi connectivity index (χ1n) is 5.31. The predicted octanol–water partition coefficient (Wildman–Crippen LogP) is 2.95. The summed E-state index contributed by atoms with van der Waals surface area (Å²) in [5.74, 6) is 2.26. The molecule has 1 amide bonds. The minimum atomic E-state index is 0.154. The van der Waals surface area contributed by atoms with Crippen LogP contribution in [-0.2, 0) is 0 Å². The van der Waals surface area contributed by atoms with Crippen molar-refractivity contribution in [2.45, 2.75) is 6.92 Å². The first kappa shape index (κ1) is 12.0. The van der Waals surface area contributed by atoms with Crippen LogP contribution < -0.4 is 0 Å². The van der Waals surface area contributed by atoms with Gasteiger partial charge in [0.1, 0.15) is 0 Å². The molecule has 0 atom stereocenters. The van der Waals surface area contributed by atoms with Gasteiger partial charge in [-0.1, -0.05) is 22.0 Å². The third kappa shape index (κ3) is 2.61. The van der Waals surface area contributed by atoms with Gasteiger partial charge in [0, 0.05) is 34.6 Å². The Morgan fingerprint density at radius 3 is 2.69 bits per heavy atom. The Hall–Kier alpha value is -0.480. The summed E-state index contributed by atoms with van der Waals surface area (Å²) in [7, 11) is 0. The molecule has 4 heteroatoms. The van der Waals surface area contributed by atoms with Crippen LogP contribution in [0.1, 0.15) is 15.9 Å². The Morgan fingerprint density at radius 1 is 1.38 bits per heavy atom. The molecule has 1 aliphatic heterocycles. The molecule has 2 nitrogen and oxygen atoms in total. The lowest BCUT2D eigenvalue weighted by Crippen LogP contribution is -2.37. The molecule has 0 unspecified atom stereocenters. The molecule has 0 radical (unpaired) electrons. The van der Waals surface area contributed by atoms with Crippen LogP contribution in [-0.4, -0.2) is 35.4 Å². The number of carbonyl (C=O) groups excluding carboxylic acids is 1. The van der Waals surface area contributed by atoms with Gasteiger partial charge in [-0.3, -0.25) is 4.79 Å². The SMILES string of the molecule is Cc1ccc(C(=O)N2CCSCC2)cc1Br. The quantitative estimate of drug-likeness (QED) is 0.795. The molecular formula is C12H14BrNOS. The van der Waals surface area contributed by atoms with E-state index in [1.165, 1.54) is 0 Å². The highest BCUT2D eigenvalue weighted by Crippen LogP contribution is 2.19. The molecule has 0 aliphatic carbocycles. The Labute approximate surface area is 109 Å². The highest BCUT2D eigenvalue weighted by atomic mass is 79.9.